The molecule has 0 aliphatic rings. The molecule has 0 unspecified atom stereocenters. The zero-order valence-corrected chi connectivity index (χ0v) is 25.3. The maximum Gasteiger partial charge on any atom is 0.336 e. The average Bonchev–Trinajstić information content (AvgIpc) is 3.05. The van der Waals surface area contributed by atoms with E-state index in [-0.39, 0.29) is 13.1 Å². The summed E-state index contributed by atoms with van der Waals surface area (Å²) in [4.78, 5) is 51.4. The van der Waals surface area contributed by atoms with Crippen molar-refractivity contribution in [3.8, 4) is 17.2 Å². The smallest absolute Gasteiger partial charge is 0.336 e. The van der Waals surface area contributed by atoms with Crippen LogP contribution in [0.25, 0.3) is 0 Å². The molecule has 0 aliphatic carbocycles. The lowest BCUT2D eigenvalue weighted by atomic mass is 9.96. The predicted molar refractivity (Wildman–Crippen MR) is 170 cm³/mol. The van der Waals surface area contributed by atoms with Crippen LogP contribution in [-0.4, -0.2) is 50.6 Å². The first kappa shape index (κ1) is 33.3. The van der Waals surface area contributed by atoms with Gasteiger partial charge < -0.3 is 29.7 Å². The Balaban J connectivity index is 1.70. The molecule has 0 bridgehead atoms. The number of carboxylic acid groups (broad SMARTS) is 3. The third-order valence-corrected chi connectivity index (χ3v) is 7.23. The standard InChI is InChI=1S/C36H35NO9/c1-2-3-4-10-19-45-32-14-9-8-11-25(32)23-37(22-24-15-17-27(18-16-24)46-26-12-6-5-7-13-26)33(38)28-20-30(35(41)42)31(36(43)44)21-29(28)34(39)40/h5-9,11-18,20-21H,2-4,10,19,22-23H2,1H3,(H,39,40)(H,41,42)(H,43,44). The summed E-state index contributed by atoms with van der Waals surface area (Å²) in [5.74, 6) is -3.81. The average molecular weight is 626 g/mol. The maximum absolute atomic E-state index is 14.1. The molecule has 0 heterocycles. The van der Waals surface area contributed by atoms with E-state index >= 15 is 0 Å². The van der Waals surface area contributed by atoms with Crippen molar-refractivity contribution in [3.05, 3.63) is 124 Å². The SMILES string of the molecule is CCCCCCOc1ccccc1CN(Cc1ccc(Oc2ccccc2)cc1)C(=O)c1cc(C(=O)O)c(C(=O)O)cc1C(=O)O. The Morgan fingerprint density at radius 2 is 1.20 bits per heavy atom. The van der Waals surface area contributed by atoms with Gasteiger partial charge in [0, 0.05) is 18.7 Å². The second kappa shape index (κ2) is 15.9. The fraction of sp³-hybridized carbons (Fsp3) is 0.222. The van der Waals surface area contributed by atoms with E-state index in [1.807, 2.05) is 36.4 Å². The first-order chi connectivity index (χ1) is 22.2. The predicted octanol–water partition coefficient (Wildman–Crippen LogP) is 7.38. The summed E-state index contributed by atoms with van der Waals surface area (Å²) in [6.07, 6.45) is 4.05. The zero-order chi connectivity index (χ0) is 33.1. The van der Waals surface area contributed by atoms with Gasteiger partial charge in [-0.1, -0.05) is 74.7 Å². The number of hydrogen-bond acceptors (Lipinski definition) is 6. The van der Waals surface area contributed by atoms with Crippen molar-refractivity contribution < 1.29 is 44.0 Å². The topological polar surface area (TPSA) is 151 Å². The third-order valence-electron chi connectivity index (χ3n) is 7.23. The van der Waals surface area contributed by atoms with Crippen LogP contribution < -0.4 is 9.47 Å². The number of carbonyl (C=O) groups is 4. The van der Waals surface area contributed by atoms with Gasteiger partial charge in [0.15, 0.2) is 0 Å². The molecule has 0 spiro atoms. The first-order valence-electron chi connectivity index (χ1n) is 14.9. The van der Waals surface area contributed by atoms with Gasteiger partial charge in [0.05, 0.1) is 28.9 Å². The number of aromatic carboxylic acids is 3. The van der Waals surface area contributed by atoms with Crippen LogP contribution in [0.1, 0.15) is 85.2 Å². The van der Waals surface area contributed by atoms with Gasteiger partial charge in [-0.3, -0.25) is 4.79 Å². The normalized spacial score (nSPS) is 10.6. The van der Waals surface area contributed by atoms with Gasteiger partial charge >= 0.3 is 17.9 Å². The number of amides is 1. The highest BCUT2D eigenvalue weighted by molar-refractivity contribution is 6.10. The van der Waals surface area contributed by atoms with Crippen molar-refractivity contribution in [3.63, 3.8) is 0 Å². The Morgan fingerprint density at radius 3 is 1.83 bits per heavy atom. The molecule has 0 fully saturated rings. The Hall–Kier alpha value is -5.64. The van der Waals surface area contributed by atoms with Crippen molar-refractivity contribution in [2.24, 2.45) is 0 Å². The summed E-state index contributed by atoms with van der Waals surface area (Å²) in [5.41, 5.74) is -1.15. The number of para-hydroxylation sites is 2. The van der Waals surface area contributed by atoms with E-state index in [0.717, 1.165) is 31.7 Å². The van der Waals surface area contributed by atoms with Crippen molar-refractivity contribution in [2.45, 2.75) is 45.7 Å². The molecule has 0 saturated heterocycles. The summed E-state index contributed by atoms with van der Waals surface area (Å²) in [6.45, 7) is 2.61. The van der Waals surface area contributed by atoms with Gasteiger partial charge in [-0.05, 0) is 54.4 Å². The number of hydrogen-bond donors (Lipinski definition) is 3. The number of benzene rings is 4. The monoisotopic (exact) mass is 625 g/mol. The van der Waals surface area contributed by atoms with Crippen LogP contribution in [0.3, 0.4) is 0 Å². The Kier molecular flexibility index (Phi) is 11.5. The molecule has 238 valence electrons. The van der Waals surface area contributed by atoms with Crippen molar-refractivity contribution >= 4 is 23.8 Å². The van der Waals surface area contributed by atoms with Crippen LogP contribution in [0.15, 0.2) is 91.0 Å². The molecular weight excluding hydrogens is 590 g/mol. The molecule has 46 heavy (non-hydrogen) atoms. The lowest BCUT2D eigenvalue weighted by Gasteiger charge is -2.25. The Bertz CT molecular complexity index is 1680. The fourth-order valence-corrected chi connectivity index (χ4v) is 4.88. The second-order valence-electron chi connectivity index (χ2n) is 10.6. The number of unbranched alkanes of at least 4 members (excludes halogenated alkanes) is 3. The molecule has 4 aromatic rings. The Morgan fingerprint density at radius 1 is 0.630 bits per heavy atom. The van der Waals surface area contributed by atoms with E-state index in [1.54, 1.807) is 42.5 Å². The van der Waals surface area contributed by atoms with Crippen LogP contribution in [0, 0.1) is 0 Å². The molecule has 10 nitrogen and oxygen atoms in total. The van der Waals surface area contributed by atoms with Crippen molar-refractivity contribution in [2.75, 3.05) is 6.61 Å². The highest BCUT2D eigenvalue weighted by atomic mass is 16.5. The molecule has 0 saturated carbocycles. The highest BCUT2D eigenvalue weighted by Gasteiger charge is 2.28. The van der Waals surface area contributed by atoms with Gasteiger partial charge in [-0.25, -0.2) is 14.4 Å². The van der Waals surface area contributed by atoms with Crippen LogP contribution in [0.5, 0.6) is 17.2 Å². The number of rotatable bonds is 16. The molecule has 0 atom stereocenters. The lowest BCUT2D eigenvalue weighted by Crippen LogP contribution is -2.32. The summed E-state index contributed by atoms with van der Waals surface area (Å²) in [7, 11) is 0. The van der Waals surface area contributed by atoms with Crippen LogP contribution in [-0.2, 0) is 13.1 Å². The largest absolute Gasteiger partial charge is 0.493 e. The van der Waals surface area contributed by atoms with Crippen LogP contribution in [0.2, 0.25) is 0 Å². The van der Waals surface area contributed by atoms with E-state index in [4.69, 9.17) is 9.47 Å². The van der Waals surface area contributed by atoms with Crippen molar-refractivity contribution in [1.29, 1.82) is 0 Å². The van der Waals surface area contributed by atoms with Crippen molar-refractivity contribution in [1.82, 2.24) is 4.90 Å². The van der Waals surface area contributed by atoms with Gasteiger partial charge in [0.1, 0.15) is 17.2 Å². The highest BCUT2D eigenvalue weighted by Crippen LogP contribution is 2.27. The van der Waals surface area contributed by atoms with Gasteiger partial charge in [0.2, 0.25) is 0 Å². The number of carbonyl (C=O) groups excluding carboxylic acids is 1. The van der Waals surface area contributed by atoms with Crippen LogP contribution >= 0.6 is 0 Å². The third kappa shape index (κ3) is 8.72. The minimum atomic E-state index is -1.63. The molecule has 1 amide bonds. The molecule has 3 N–H and O–H groups in total. The van der Waals surface area contributed by atoms with Gasteiger partial charge in [-0.15, -0.1) is 0 Å². The molecule has 0 aromatic heterocycles. The van der Waals surface area contributed by atoms with E-state index in [9.17, 15) is 34.5 Å². The quantitative estimate of drug-likeness (QED) is 0.108. The lowest BCUT2D eigenvalue weighted by molar-refractivity contribution is 0.0643. The van der Waals surface area contributed by atoms with E-state index < -0.39 is 46.1 Å². The summed E-state index contributed by atoms with van der Waals surface area (Å²) < 4.78 is 11.9. The minimum Gasteiger partial charge on any atom is -0.493 e. The van der Waals surface area contributed by atoms with E-state index in [2.05, 4.69) is 6.92 Å². The molecule has 4 aromatic carbocycles. The summed E-state index contributed by atoms with van der Waals surface area (Å²) >= 11 is 0. The van der Waals surface area contributed by atoms with E-state index in [1.165, 1.54) is 4.90 Å². The first-order valence-corrected chi connectivity index (χ1v) is 14.9. The fourth-order valence-electron chi connectivity index (χ4n) is 4.88. The molecular formula is C36H35NO9. The molecule has 10 heteroatoms. The number of nitrogens with zero attached hydrogens (tertiary/aromatic N) is 1. The van der Waals surface area contributed by atoms with E-state index in [0.29, 0.717) is 41.0 Å². The summed E-state index contributed by atoms with van der Waals surface area (Å²) in [5, 5.41) is 29.2. The zero-order valence-electron chi connectivity index (χ0n) is 25.3. The van der Waals surface area contributed by atoms with Gasteiger partial charge in [0.25, 0.3) is 5.91 Å². The van der Waals surface area contributed by atoms with Gasteiger partial charge in [-0.2, -0.15) is 0 Å². The number of carboxylic acids is 3. The maximum atomic E-state index is 14.1. The molecule has 0 aliphatic heterocycles. The van der Waals surface area contributed by atoms with Crippen LogP contribution in [0.4, 0.5) is 0 Å². The summed E-state index contributed by atoms with van der Waals surface area (Å²) in [6, 6.07) is 25.0. The minimum absolute atomic E-state index is 0.00558. The molecule has 0 radical (unpaired) electrons. The molecule has 4 rings (SSSR count). The Labute approximate surface area is 266 Å². The second-order valence-corrected chi connectivity index (χ2v) is 10.6. The number of ether oxygens (including phenoxy) is 2.